The van der Waals surface area contributed by atoms with Crippen LogP contribution in [0.3, 0.4) is 0 Å². The second-order valence-electron chi connectivity index (χ2n) is 5.94. The first-order chi connectivity index (χ1) is 10.6. The molecule has 2 aromatic heterocycles. The van der Waals surface area contributed by atoms with Gasteiger partial charge >= 0.3 is 0 Å². The third-order valence-corrected chi connectivity index (χ3v) is 4.74. The van der Waals surface area contributed by atoms with Crippen LogP contribution in [0.25, 0.3) is 32.7 Å². The Morgan fingerprint density at radius 2 is 1.91 bits per heavy atom. The fraction of sp³-hybridized carbons (Fsp3) is 0.211. The van der Waals surface area contributed by atoms with Crippen molar-refractivity contribution in [2.24, 2.45) is 7.05 Å². The molecule has 0 spiro atoms. The van der Waals surface area contributed by atoms with Gasteiger partial charge in [0.2, 0.25) is 0 Å². The Kier molecular flexibility index (Phi) is 2.75. The summed E-state index contributed by atoms with van der Waals surface area (Å²) < 4.78 is 2.24. The van der Waals surface area contributed by atoms with E-state index in [-0.39, 0.29) is 6.61 Å². The van der Waals surface area contributed by atoms with Gasteiger partial charge in [-0.05, 0) is 48.7 Å². The molecule has 0 radical (unpaired) electrons. The molecule has 3 heteroatoms. The maximum Gasteiger partial charge on any atom is 0.0754 e. The predicted octanol–water partition coefficient (Wildman–Crippen LogP) is 3.99. The molecule has 4 rings (SSSR count). The lowest BCUT2D eigenvalue weighted by Crippen LogP contribution is -1.93. The molecular formula is C19H18N2O. The van der Waals surface area contributed by atoms with E-state index in [0.717, 1.165) is 11.1 Å². The predicted molar refractivity (Wildman–Crippen MR) is 91.1 cm³/mol. The Morgan fingerprint density at radius 1 is 1.09 bits per heavy atom. The van der Waals surface area contributed by atoms with Crippen LogP contribution < -0.4 is 0 Å². The van der Waals surface area contributed by atoms with E-state index >= 15 is 0 Å². The summed E-state index contributed by atoms with van der Waals surface area (Å²) in [5.74, 6) is 0. The van der Waals surface area contributed by atoms with Crippen molar-refractivity contribution in [3.05, 3.63) is 53.2 Å². The molecule has 0 atom stereocenters. The lowest BCUT2D eigenvalue weighted by molar-refractivity contribution is 0.282. The van der Waals surface area contributed by atoms with Crippen LogP contribution in [0, 0.1) is 13.8 Å². The summed E-state index contributed by atoms with van der Waals surface area (Å²) in [5, 5.41) is 13.1. The number of aliphatic hydroxyl groups is 1. The number of pyridine rings is 1. The highest BCUT2D eigenvalue weighted by molar-refractivity contribution is 6.16. The molecule has 1 N–H and O–H groups in total. The molecule has 0 unspecified atom stereocenters. The number of hydrogen-bond donors (Lipinski definition) is 1. The fourth-order valence-electron chi connectivity index (χ4n) is 3.66. The van der Waals surface area contributed by atoms with Crippen molar-refractivity contribution >= 4 is 32.7 Å². The molecule has 0 amide bonds. The van der Waals surface area contributed by atoms with Gasteiger partial charge in [-0.1, -0.05) is 12.1 Å². The number of rotatable bonds is 1. The zero-order valence-corrected chi connectivity index (χ0v) is 13.0. The monoisotopic (exact) mass is 290 g/mol. The zero-order chi connectivity index (χ0) is 15.4. The highest BCUT2D eigenvalue weighted by Crippen LogP contribution is 2.37. The second-order valence-corrected chi connectivity index (χ2v) is 5.94. The molecule has 0 bridgehead atoms. The van der Waals surface area contributed by atoms with Crippen LogP contribution in [-0.2, 0) is 13.7 Å². The van der Waals surface area contributed by atoms with Gasteiger partial charge in [0.05, 0.1) is 17.6 Å². The van der Waals surface area contributed by atoms with Gasteiger partial charge in [0.25, 0.3) is 0 Å². The summed E-state index contributed by atoms with van der Waals surface area (Å²) in [6, 6.07) is 10.3. The first-order valence-corrected chi connectivity index (χ1v) is 7.49. The van der Waals surface area contributed by atoms with Crippen LogP contribution in [-0.4, -0.2) is 14.7 Å². The average molecular weight is 290 g/mol. The van der Waals surface area contributed by atoms with E-state index in [1.54, 1.807) is 0 Å². The van der Waals surface area contributed by atoms with Gasteiger partial charge in [-0.3, -0.25) is 4.98 Å². The maximum atomic E-state index is 9.45. The van der Waals surface area contributed by atoms with Gasteiger partial charge in [0.1, 0.15) is 0 Å². The van der Waals surface area contributed by atoms with Gasteiger partial charge in [-0.15, -0.1) is 0 Å². The summed E-state index contributed by atoms with van der Waals surface area (Å²) in [7, 11) is 2.10. The van der Waals surface area contributed by atoms with Crippen molar-refractivity contribution in [2.45, 2.75) is 20.5 Å². The minimum atomic E-state index is 0.0689. The van der Waals surface area contributed by atoms with Crippen molar-refractivity contribution in [1.29, 1.82) is 0 Å². The van der Waals surface area contributed by atoms with Gasteiger partial charge in [0, 0.05) is 34.9 Å². The Hall–Kier alpha value is -2.39. The van der Waals surface area contributed by atoms with Gasteiger partial charge < -0.3 is 9.67 Å². The van der Waals surface area contributed by atoms with Gasteiger partial charge in [-0.2, -0.15) is 0 Å². The lowest BCUT2D eigenvalue weighted by atomic mass is 9.98. The van der Waals surface area contributed by atoms with E-state index in [0.29, 0.717) is 0 Å². The van der Waals surface area contributed by atoms with E-state index in [1.165, 1.54) is 38.3 Å². The van der Waals surface area contributed by atoms with Crippen molar-refractivity contribution in [1.82, 2.24) is 9.55 Å². The molecular weight excluding hydrogens is 272 g/mol. The van der Waals surface area contributed by atoms with Crippen molar-refractivity contribution in [3.8, 4) is 0 Å². The van der Waals surface area contributed by atoms with E-state index in [1.807, 2.05) is 18.3 Å². The highest BCUT2D eigenvalue weighted by Gasteiger charge is 2.17. The number of aromatic nitrogens is 2. The number of benzene rings is 2. The second kappa shape index (κ2) is 4.55. The van der Waals surface area contributed by atoms with Gasteiger partial charge in [-0.25, -0.2) is 0 Å². The largest absolute Gasteiger partial charge is 0.392 e. The molecule has 0 saturated heterocycles. The molecule has 3 nitrogen and oxygen atoms in total. The number of aryl methyl sites for hydroxylation is 3. The van der Waals surface area contributed by atoms with Crippen LogP contribution >= 0.6 is 0 Å². The third kappa shape index (κ3) is 1.57. The van der Waals surface area contributed by atoms with E-state index in [9.17, 15) is 5.11 Å². The molecule has 2 heterocycles. The minimum absolute atomic E-state index is 0.0689. The maximum absolute atomic E-state index is 9.45. The number of aliphatic hydroxyl groups excluding tert-OH is 1. The van der Waals surface area contributed by atoms with E-state index < -0.39 is 0 Å². The smallest absolute Gasteiger partial charge is 0.0754 e. The molecule has 0 aliphatic heterocycles. The van der Waals surface area contributed by atoms with E-state index in [2.05, 4.69) is 48.6 Å². The highest BCUT2D eigenvalue weighted by atomic mass is 16.3. The standard InChI is InChI=1S/C19H18N2O/c1-11-14-5-4-8-20-18(14)12(2)19-17(11)15-9-13(10-22)6-7-16(15)21(19)3/h4-9,22H,10H2,1-3H3. The Labute approximate surface area is 128 Å². The molecule has 0 fully saturated rings. The molecule has 4 aromatic rings. The van der Waals surface area contributed by atoms with Crippen molar-refractivity contribution < 1.29 is 5.11 Å². The normalized spacial score (nSPS) is 11.8. The Morgan fingerprint density at radius 3 is 2.68 bits per heavy atom. The SMILES string of the molecule is Cc1c2cccnc2c(C)c2c1c1cc(CO)ccc1n2C. The molecule has 110 valence electrons. The molecule has 22 heavy (non-hydrogen) atoms. The summed E-state index contributed by atoms with van der Waals surface area (Å²) in [6.07, 6.45) is 1.85. The topological polar surface area (TPSA) is 38.1 Å². The summed E-state index contributed by atoms with van der Waals surface area (Å²) in [5.41, 5.74) is 6.90. The van der Waals surface area contributed by atoms with Crippen LogP contribution in [0.1, 0.15) is 16.7 Å². The number of hydrogen-bond acceptors (Lipinski definition) is 2. The van der Waals surface area contributed by atoms with Crippen LogP contribution in [0.2, 0.25) is 0 Å². The fourth-order valence-corrected chi connectivity index (χ4v) is 3.66. The van der Waals surface area contributed by atoms with Crippen LogP contribution in [0.5, 0.6) is 0 Å². The molecule has 0 saturated carbocycles. The van der Waals surface area contributed by atoms with Gasteiger partial charge in [0.15, 0.2) is 0 Å². The first kappa shape index (κ1) is 13.3. The van der Waals surface area contributed by atoms with Crippen molar-refractivity contribution in [3.63, 3.8) is 0 Å². The Balaban J connectivity index is 2.34. The summed E-state index contributed by atoms with van der Waals surface area (Å²) in [4.78, 5) is 4.58. The molecule has 0 aliphatic rings. The van der Waals surface area contributed by atoms with Crippen molar-refractivity contribution in [2.75, 3.05) is 0 Å². The van der Waals surface area contributed by atoms with E-state index in [4.69, 9.17) is 0 Å². The quantitative estimate of drug-likeness (QED) is 0.575. The molecule has 2 aromatic carbocycles. The van der Waals surface area contributed by atoms with Crippen LogP contribution in [0.15, 0.2) is 36.5 Å². The Bertz CT molecular complexity index is 1040. The summed E-state index contributed by atoms with van der Waals surface area (Å²) >= 11 is 0. The number of nitrogens with zero attached hydrogens (tertiary/aromatic N) is 2. The summed E-state index contributed by atoms with van der Waals surface area (Å²) in [6.45, 7) is 4.37. The minimum Gasteiger partial charge on any atom is -0.392 e. The third-order valence-electron chi connectivity index (χ3n) is 4.74. The first-order valence-electron chi connectivity index (χ1n) is 7.49. The lowest BCUT2D eigenvalue weighted by Gasteiger charge is -2.09. The number of fused-ring (bicyclic) bond motifs is 4. The van der Waals surface area contributed by atoms with Crippen LogP contribution in [0.4, 0.5) is 0 Å². The zero-order valence-electron chi connectivity index (χ0n) is 13.0. The molecule has 0 aliphatic carbocycles. The average Bonchev–Trinajstić information content (AvgIpc) is 2.85.